The molecule has 1 spiro atoms. The van der Waals surface area contributed by atoms with Gasteiger partial charge in [-0.25, -0.2) is 17.9 Å². The van der Waals surface area contributed by atoms with Crippen molar-refractivity contribution < 1.29 is 22.8 Å². The molecule has 3 fully saturated rings. The van der Waals surface area contributed by atoms with Gasteiger partial charge >= 0.3 is 6.03 Å². The van der Waals surface area contributed by atoms with Gasteiger partial charge in [0.1, 0.15) is 16.3 Å². The fourth-order valence-electron chi connectivity index (χ4n) is 4.91. The Labute approximate surface area is 192 Å². The van der Waals surface area contributed by atoms with E-state index in [0.29, 0.717) is 44.7 Å². The van der Waals surface area contributed by atoms with Gasteiger partial charge in [0.2, 0.25) is 15.9 Å². The molecule has 0 bridgehead atoms. The lowest BCUT2D eigenvalue weighted by Crippen LogP contribution is -2.51. The Kier molecular flexibility index (Phi) is 6.60. The third-order valence-corrected chi connectivity index (χ3v) is 9.92. The summed E-state index contributed by atoms with van der Waals surface area (Å²) in [7, 11) is -3.55. The van der Waals surface area contributed by atoms with E-state index in [1.165, 1.54) is 0 Å². The molecule has 0 radical (unpaired) electrons. The topological polar surface area (TPSA) is 116 Å². The van der Waals surface area contributed by atoms with Gasteiger partial charge in [0.05, 0.1) is 0 Å². The second-order valence-electron chi connectivity index (χ2n) is 8.96. The molecule has 3 heterocycles. The molecular weight excluding hydrogens is 452 g/mol. The van der Waals surface area contributed by atoms with Gasteiger partial charge in [0, 0.05) is 19.1 Å². The maximum Gasteiger partial charge on any atom is 0.325 e. The molecule has 176 valence electrons. The summed E-state index contributed by atoms with van der Waals surface area (Å²) >= 11 is 1.16. The maximum absolute atomic E-state index is 13.0. The van der Waals surface area contributed by atoms with E-state index >= 15 is 0 Å². The number of hydrogen-bond donors (Lipinski definition) is 2. The number of nitrogens with zero attached hydrogens (tertiary/aromatic N) is 2. The summed E-state index contributed by atoms with van der Waals surface area (Å²) in [5.41, 5.74) is -0.851. The minimum absolute atomic E-state index is 0.250. The van der Waals surface area contributed by atoms with Gasteiger partial charge in [-0.2, -0.15) is 0 Å². The summed E-state index contributed by atoms with van der Waals surface area (Å²) in [6.45, 7) is 2.63. The van der Waals surface area contributed by atoms with Gasteiger partial charge in [0.15, 0.2) is 0 Å². The Morgan fingerprint density at radius 3 is 2.50 bits per heavy atom. The van der Waals surface area contributed by atoms with Gasteiger partial charge < -0.3 is 10.2 Å². The molecular formula is C21H30N4O5S2. The van der Waals surface area contributed by atoms with Crippen LogP contribution >= 0.6 is 11.3 Å². The van der Waals surface area contributed by atoms with Crippen LogP contribution in [-0.2, 0) is 19.6 Å². The number of carbonyl (C=O) groups excluding carboxylic acids is 3. The lowest BCUT2D eigenvalue weighted by Gasteiger charge is -2.35. The number of urea groups is 1. The quantitative estimate of drug-likeness (QED) is 0.601. The number of likely N-dealkylation sites (tertiary alicyclic amines) is 1. The predicted molar refractivity (Wildman–Crippen MR) is 119 cm³/mol. The monoisotopic (exact) mass is 482 g/mol. The molecule has 4 rings (SSSR count). The van der Waals surface area contributed by atoms with E-state index in [9.17, 15) is 22.8 Å². The highest BCUT2D eigenvalue weighted by Gasteiger charge is 2.52. The molecule has 1 saturated carbocycles. The highest BCUT2D eigenvalue weighted by molar-refractivity contribution is 7.91. The molecule has 2 N–H and O–H groups in total. The number of hydrogen-bond acceptors (Lipinski definition) is 6. The van der Waals surface area contributed by atoms with Crippen LogP contribution in [0.15, 0.2) is 21.7 Å². The van der Waals surface area contributed by atoms with Crippen molar-refractivity contribution in [1.82, 2.24) is 19.8 Å². The molecule has 0 aromatic carbocycles. The Morgan fingerprint density at radius 2 is 1.91 bits per heavy atom. The molecule has 1 aliphatic carbocycles. The lowest BCUT2D eigenvalue weighted by molar-refractivity contribution is -0.140. The van der Waals surface area contributed by atoms with E-state index in [1.807, 2.05) is 0 Å². The number of imide groups is 1. The summed E-state index contributed by atoms with van der Waals surface area (Å²) in [4.78, 5) is 41.0. The van der Waals surface area contributed by atoms with Crippen molar-refractivity contribution >= 4 is 39.2 Å². The molecule has 1 aromatic heterocycles. The molecule has 0 unspecified atom stereocenters. The lowest BCUT2D eigenvalue weighted by atomic mass is 9.75. The molecule has 9 nitrogen and oxygen atoms in total. The zero-order valence-corrected chi connectivity index (χ0v) is 19.8. The van der Waals surface area contributed by atoms with Crippen LogP contribution in [0.5, 0.6) is 0 Å². The first-order valence-corrected chi connectivity index (χ1v) is 13.6. The normalized spacial score (nSPS) is 27.2. The van der Waals surface area contributed by atoms with Crippen LogP contribution in [-0.4, -0.2) is 67.3 Å². The minimum atomic E-state index is -3.55. The predicted octanol–water partition coefficient (Wildman–Crippen LogP) is 1.91. The maximum atomic E-state index is 13.0. The summed E-state index contributed by atoms with van der Waals surface area (Å²) in [5.74, 6) is 0.0101. The highest BCUT2D eigenvalue weighted by atomic mass is 32.2. The molecule has 2 saturated heterocycles. The van der Waals surface area contributed by atoms with Crippen molar-refractivity contribution in [2.24, 2.45) is 5.92 Å². The molecule has 32 heavy (non-hydrogen) atoms. The number of nitrogens with one attached hydrogen (secondary N) is 2. The highest BCUT2D eigenvalue weighted by Crippen LogP contribution is 2.37. The van der Waals surface area contributed by atoms with E-state index in [4.69, 9.17) is 0 Å². The fourth-order valence-corrected chi connectivity index (χ4v) is 7.23. The average molecular weight is 483 g/mol. The van der Waals surface area contributed by atoms with Crippen molar-refractivity contribution in [3.05, 3.63) is 17.5 Å². The van der Waals surface area contributed by atoms with Gasteiger partial charge in [-0.1, -0.05) is 19.4 Å². The third-order valence-electron chi connectivity index (χ3n) is 7.00. The van der Waals surface area contributed by atoms with Crippen molar-refractivity contribution in [2.75, 3.05) is 19.6 Å². The van der Waals surface area contributed by atoms with Crippen LogP contribution in [0.2, 0.25) is 0 Å². The number of rotatable bonds is 6. The number of amides is 4. The first-order valence-electron chi connectivity index (χ1n) is 11.2. The van der Waals surface area contributed by atoms with Crippen LogP contribution in [0.4, 0.5) is 4.79 Å². The number of piperidine rings is 1. The van der Waals surface area contributed by atoms with Crippen LogP contribution < -0.4 is 10.0 Å². The molecule has 11 heteroatoms. The van der Waals surface area contributed by atoms with Crippen LogP contribution in [0.25, 0.3) is 0 Å². The van der Waals surface area contributed by atoms with Gasteiger partial charge in [-0.15, -0.1) is 11.3 Å². The average Bonchev–Trinajstić information content (AvgIpc) is 3.40. The Morgan fingerprint density at radius 1 is 1.22 bits per heavy atom. The van der Waals surface area contributed by atoms with Crippen LogP contribution in [0.1, 0.15) is 51.9 Å². The molecule has 1 aromatic rings. The smallest absolute Gasteiger partial charge is 0.325 e. The Bertz CT molecular complexity index is 962. The third kappa shape index (κ3) is 4.55. The van der Waals surface area contributed by atoms with E-state index in [1.54, 1.807) is 22.4 Å². The van der Waals surface area contributed by atoms with Crippen LogP contribution in [0.3, 0.4) is 0 Å². The van der Waals surface area contributed by atoms with Gasteiger partial charge in [-0.05, 0) is 55.9 Å². The van der Waals surface area contributed by atoms with Crippen molar-refractivity contribution in [2.45, 2.75) is 67.7 Å². The van der Waals surface area contributed by atoms with Crippen molar-refractivity contribution in [1.29, 1.82) is 0 Å². The Hall–Kier alpha value is -1.98. The SMILES string of the molecule is CCC1CCC2(CC1)NC(=O)N(CC(=O)N1CCC(NS(=O)(=O)c3cccs3)CC1)C2=O. The largest absolute Gasteiger partial charge is 0.341 e. The molecule has 4 amide bonds. The van der Waals surface area contributed by atoms with E-state index in [-0.39, 0.29) is 28.6 Å². The van der Waals surface area contributed by atoms with E-state index in [0.717, 1.165) is 35.5 Å². The second kappa shape index (κ2) is 9.11. The van der Waals surface area contributed by atoms with E-state index in [2.05, 4.69) is 17.0 Å². The summed E-state index contributed by atoms with van der Waals surface area (Å²) < 4.78 is 27.8. The number of thiophene rings is 1. The van der Waals surface area contributed by atoms with Crippen LogP contribution in [0, 0.1) is 5.92 Å². The van der Waals surface area contributed by atoms with E-state index < -0.39 is 21.6 Å². The first kappa shape index (κ1) is 23.2. The summed E-state index contributed by atoms with van der Waals surface area (Å²) in [6.07, 6.45) is 5.09. The van der Waals surface area contributed by atoms with Gasteiger partial charge in [-0.3, -0.25) is 14.5 Å². The van der Waals surface area contributed by atoms with Gasteiger partial charge in [0.25, 0.3) is 5.91 Å². The van der Waals surface area contributed by atoms with Crippen molar-refractivity contribution in [3.8, 4) is 0 Å². The molecule has 2 aliphatic heterocycles. The zero-order chi connectivity index (χ0) is 22.9. The number of sulfonamides is 1. The fraction of sp³-hybridized carbons (Fsp3) is 0.667. The number of carbonyl (C=O) groups is 3. The first-order chi connectivity index (χ1) is 15.2. The van der Waals surface area contributed by atoms with Crippen molar-refractivity contribution in [3.63, 3.8) is 0 Å². The molecule has 3 aliphatic rings. The summed E-state index contributed by atoms with van der Waals surface area (Å²) in [5, 5.41) is 4.57. The Balaban J connectivity index is 1.30. The standard InChI is InChI=1S/C21H30N4O5S2/c1-2-15-5-9-21(10-6-15)19(27)25(20(28)22-21)14-17(26)24-11-7-16(8-12-24)23-32(29,30)18-4-3-13-31-18/h3-4,13,15-16,23H,2,5-12,14H2,1H3,(H,22,28). The second-order valence-corrected chi connectivity index (χ2v) is 11.9. The summed E-state index contributed by atoms with van der Waals surface area (Å²) in [6, 6.07) is 2.51. The zero-order valence-electron chi connectivity index (χ0n) is 18.2. The molecule has 0 atom stereocenters. The minimum Gasteiger partial charge on any atom is -0.341 e.